The Bertz CT molecular complexity index is 778. The second-order valence-corrected chi connectivity index (χ2v) is 5.14. The maximum atomic E-state index is 12.4. The summed E-state index contributed by atoms with van der Waals surface area (Å²) < 4.78 is 0.799. The summed E-state index contributed by atoms with van der Waals surface area (Å²) in [5.41, 5.74) is 4.53. The quantitative estimate of drug-likeness (QED) is 0.655. The molecule has 22 heavy (non-hydrogen) atoms. The number of carbonyl (C=O) groups is 1. The van der Waals surface area contributed by atoms with Gasteiger partial charge in [-0.2, -0.15) is 0 Å². The Balaban J connectivity index is 2.43. The van der Waals surface area contributed by atoms with Gasteiger partial charge >= 0.3 is 11.7 Å². The summed E-state index contributed by atoms with van der Waals surface area (Å²) in [6.07, 6.45) is 2.36. The van der Waals surface area contributed by atoms with Crippen molar-refractivity contribution in [2.75, 3.05) is 6.54 Å². The molecule has 7 heteroatoms. The van der Waals surface area contributed by atoms with E-state index in [0.717, 1.165) is 17.4 Å². The fourth-order valence-corrected chi connectivity index (χ4v) is 2.48. The molecule has 7 nitrogen and oxygen atoms in total. The zero-order chi connectivity index (χ0) is 16.1. The number of nitrogens with one attached hydrogen (secondary N) is 1. The highest BCUT2D eigenvalue weighted by Gasteiger charge is 2.23. The molecule has 0 aliphatic heterocycles. The normalized spacial score (nSPS) is 12.4. The minimum Gasteiger partial charge on any atom is -0.480 e. The van der Waals surface area contributed by atoms with E-state index in [1.807, 2.05) is 0 Å². The number of carboxylic acids is 1. The van der Waals surface area contributed by atoms with Gasteiger partial charge in [-0.05, 0) is 31.5 Å². The van der Waals surface area contributed by atoms with E-state index in [2.05, 4.69) is 4.98 Å². The van der Waals surface area contributed by atoms with Gasteiger partial charge in [-0.15, -0.1) is 0 Å². The standard InChI is InChI=1S/C15H19N3O4/c16-9-5-1-2-8-12(14(20)21)18-13(19)10-6-3-4-7-11(10)17-15(18)22/h3-4,6-7,12H,1-2,5,8-9,16H2,(H,17,22)(H,20,21)/t12-/m0/s1. The Hall–Kier alpha value is -2.41. The second kappa shape index (κ2) is 7.04. The van der Waals surface area contributed by atoms with Crippen LogP contribution in [-0.4, -0.2) is 27.2 Å². The number of rotatable bonds is 7. The Morgan fingerprint density at radius 3 is 2.64 bits per heavy atom. The Labute approximate surface area is 126 Å². The maximum absolute atomic E-state index is 12.4. The number of nitrogens with zero attached hydrogens (tertiary/aromatic N) is 1. The maximum Gasteiger partial charge on any atom is 0.329 e. The molecule has 0 radical (unpaired) electrons. The van der Waals surface area contributed by atoms with E-state index in [0.29, 0.717) is 23.9 Å². The van der Waals surface area contributed by atoms with Crippen LogP contribution in [0.4, 0.5) is 0 Å². The lowest BCUT2D eigenvalue weighted by Gasteiger charge is -2.15. The Morgan fingerprint density at radius 1 is 1.23 bits per heavy atom. The number of fused-ring (bicyclic) bond motifs is 1. The smallest absolute Gasteiger partial charge is 0.329 e. The minimum absolute atomic E-state index is 0.219. The van der Waals surface area contributed by atoms with Crippen molar-refractivity contribution in [3.05, 3.63) is 45.1 Å². The lowest BCUT2D eigenvalue weighted by atomic mass is 10.1. The number of H-pyrrole nitrogens is 1. The van der Waals surface area contributed by atoms with E-state index in [1.54, 1.807) is 24.3 Å². The van der Waals surface area contributed by atoms with Crippen molar-refractivity contribution in [3.8, 4) is 0 Å². The molecule has 0 saturated heterocycles. The SMILES string of the molecule is NCCCCC[C@@H](C(=O)O)n1c(=O)[nH]c2ccccc2c1=O. The first-order chi connectivity index (χ1) is 10.6. The lowest BCUT2D eigenvalue weighted by molar-refractivity contribution is -0.141. The zero-order valence-electron chi connectivity index (χ0n) is 12.1. The molecule has 1 atom stereocenters. The van der Waals surface area contributed by atoms with Gasteiger partial charge in [0, 0.05) is 0 Å². The summed E-state index contributed by atoms with van der Waals surface area (Å²) in [7, 11) is 0. The van der Waals surface area contributed by atoms with Crippen LogP contribution in [0.15, 0.2) is 33.9 Å². The molecule has 0 fully saturated rings. The molecule has 1 aromatic carbocycles. The van der Waals surface area contributed by atoms with Gasteiger partial charge in [-0.1, -0.05) is 25.0 Å². The van der Waals surface area contributed by atoms with E-state index in [4.69, 9.17) is 5.73 Å². The number of aromatic nitrogens is 2. The summed E-state index contributed by atoms with van der Waals surface area (Å²) in [6, 6.07) is 5.38. The molecule has 2 aromatic rings. The van der Waals surface area contributed by atoms with Gasteiger partial charge < -0.3 is 15.8 Å². The van der Waals surface area contributed by atoms with Crippen LogP contribution >= 0.6 is 0 Å². The van der Waals surface area contributed by atoms with Crippen LogP contribution in [0, 0.1) is 0 Å². The molecular weight excluding hydrogens is 286 g/mol. The highest BCUT2D eigenvalue weighted by atomic mass is 16.4. The van der Waals surface area contributed by atoms with Crippen LogP contribution in [0.25, 0.3) is 10.9 Å². The molecule has 1 aromatic heterocycles. The molecule has 0 aliphatic rings. The van der Waals surface area contributed by atoms with Crippen molar-refractivity contribution in [1.82, 2.24) is 9.55 Å². The van der Waals surface area contributed by atoms with Crippen LogP contribution in [0.5, 0.6) is 0 Å². The number of unbranched alkanes of at least 4 members (excludes halogenated alkanes) is 2. The second-order valence-electron chi connectivity index (χ2n) is 5.14. The van der Waals surface area contributed by atoms with Crippen LogP contribution in [0.1, 0.15) is 31.7 Å². The van der Waals surface area contributed by atoms with Crippen molar-refractivity contribution >= 4 is 16.9 Å². The first-order valence-corrected chi connectivity index (χ1v) is 7.22. The van der Waals surface area contributed by atoms with Crippen molar-refractivity contribution < 1.29 is 9.90 Å². The van der Waals surface area contributed by atoms with Crippen molar-refractivity contribution in [2.24, 2.45) is 5.73 Å². The average Bonchev–Trinajstić information content (AvgIpc) is 2.49. The van der Waals surface area contributed by atoms with E-state index < -0.39 is 23.3 Å². The first kappa shape index (κ1) is 16.0. The number of aromatic amines is 1. The molecule has 2 rings (SSSR count). The van der Waals surface area contributed by atoms with Crippen LogP contribution in [-0.2, 0) is 4.79 Å². The summed E-state index contributed by atoms with van der Waals surface area (Å²) in [5, 5.41) is 9.67. The topological polar surface area (TPSA) is 118 Å². The highest BCUT2D eigenvalue weighted by Crippen LogP contribution is 2.14. The van der Waals surface area contributed by atoms with Gasteiger partial charge in [-0.25, -0.2) is 14.2 Å². The number of carboxylic acid groups (broad SMARTS) is 1. The molecule has 4 N–H and O–H groups in total. The van der Waals surface area contributed by atoms with Crippen molar-refractivity contribution in [2.45, 2.75) is 31.7 Å². The third kappa shape index (κ3) is 3.25. The molecule has 0 amide bonds. The number of hydrogen-bond donors (Lipinski definition) is 3. The first-order valence-electron chi connectivity index (χ1n) is 7.22. The zero-order valence-corrected chi connectivity index (χ0v) is 12.1. The third-order valence-corrected chi connectivity index (χ3v) is 3.62. The predicted molar refractivity (Wildman–Crippen MR) is 83.0 cm³/mol. The van der Waals surface area contributed by atoms with E-state index >= 15 is 0 Å². The molecule has 0 aliphatic carbocycles. The monoisotopic (exact) mass is 305 g/mol. The largest absolute Gasteiger partial charge is 0.480 e. The van der Waals surface area contributed by atoms with Crippen molar-refractivity contribution in [1.29, 1.82) is 0 Å². The van der Waals surface area contributed by atoms with Gasteiger partial charge in [0.05, 0.1) is 10.9 Å². The Morgan fingerprint density at radius 2 is 1.95 bits per heavy atom. The highest BCUT2D eigenvalue weighted by molar-refractivity contribution is 5.78. The van der Waals surface area contributed by atoms with Gasteiger partial charge in [0.25, 0.3) is 5.56 Å². The Kier molecular flexibility index (Phi) is 5.11. The summed E-state index contributed by atoms with van der Waals surface area (Å²) >= 11 is 0. The number of nitrogens with two attached hydrogens (primary N) is 1. The summed E-state index contributed by atoms with van der Waals surface area (Å²) in [6.45, 7) is 0.536. The molecule has 1 heterocycles. The van der Waals surface area contributed by atoms with Crippen LogP contribution in [0.3, 0.4) is 0 Å². The fourth-order valence-electron chi connectivity index (χ4n) is 2.48. The fraction of sp³-hybridized carbons (Fsp3) is 0.400. The lowest BCUT2D eigenvalue weighted by Crippen LogP contribution is -2.41. The van der Waals surface area contributed by atoms with Crippen molar-refractivity contribution in [3.63, 3.8) is 0 Å². The van der Waals surface area contributed by atoms with Gasteiger partial charge in [-0.3, -0.25) is 4.79 Å². The predicted octanol–water partition coefficient (Wildman–Crippen LogP) is 0.835. The van der Waals surface area contributed by atoms with E-state index in [-0.39, 0.29) is 6.42 Å². The average molecular weight is 305 g/mol. The number of aliphatic carboxylic acids is 1. The van der Waals surface area contributed by atoms with E-state index in [1.165, 1.54) is 0 Å². The van der Waals surface area contributed by atoms with Gasteiger partial charge in [0.15, 0.2) is 0 Å². The molecule has 0 bridgehead atoms. The molecular formula is C15H19N3O4. The molecule has 118 valence electrons. The summed E-state index contributed by atoms with van der Waals surface area (Å²) in [4.78, 5) is 38.6. The third-order valence-electron chi connectivity index (χ3n) is 3.62. The number of para-hydroxylation sites is 1. The van der Waals surface area contributed by atoms with Gasteiger partial charge in [0.1, 0.15) is 6.04 Å². The van der Waals surface area contributed by atoms with Gasteiger partial charge in [0.2, 0.25) is 0 Å². The number of benzene rings is 1. The van der Waals surface area contributed by atoms with Crippen LogP contribution < -0.4 is 17.0 Å². The molecule has 0 saturated carbocycles. The summed E-state index contributed by atoms with van der Waals surface area (Å²) in [5.74, 6) is -1.18. The number of hydrogen-bond acceptors (Lipinski definition) is 4. The minimum atomic E-state index is -1.18. The van der Waals surface area contributed by atoms with Crippen LogP contribution in [0.2, 0.25) is 0 Å². The van der Waals surface area contributed by atoms with E-state index in [9.17, 15) is 19.5 Å². The molecule has 0 spiro atoms. The molecule has 0 unspecified atom stereocenters.